The Morgan fingerprint density at radius 1 is 0.396 bits per heavy atom. The van der Waals surface area contributed by atoms with E-state index in [2.05, 4.69) is 5.32 Å². The van der Waals surface area contributed by atoms with Gasteiger partial charge in [0, 0.05) is 19.8 Å². The zero-order valence-corrected chi connectivity index (χ0v) is 55.5. The highest BCUT2D eigenvalue weighted by atomic mass is 16.8. The first-order valence-electron chi connectivity index (χ1n) is 33.0. The molecule has 1 amide bonds. The second kappa shape index (κ2) is 37.1. The molecule has 0 aromatic heterocycles. The van der Waals surface area contributed by atoms with Crippen molar-refractivity contribution < 1.29 is 239 Å². The van der Waals surface area contributed by atoms with Gasteiger partial charge in [-0.2, -0.15) is 0 Å². The quantitative estimate of drug-likeness (QED) is 0.0318. The van der Waals surface area contributed by atoms with E-state index in [0.717, 1.165) is 6.92 Å². The maximum Gasteiger partial charge on any atom is 0.364 e. The molecule has 43 atom stereocenters. The third-order valence-corrected chi connectivity index (χ3v) is 19.2. The second-order valence-corrected chi connectivity index (χ2v) is 26.6. The van der Waals surface area contributed by atoms with Crippen molar-refractivity contribution in [1.29, 1.82) is 0 Å². The van der Waals surface area contributed by atoms with E-state index in [1.165, 1.54) is 0 Å². The highest BCUT2D eigenvalue weighted by Crippen LogP contribution is 2.44. The normalized spacial score (nSPS) is 48.3. The fraction of sp³-hybridized carbons (Fsp3) is 0.947. The fourth-order valence-electron chi connectivity index (χ4n) is 13.3. The number of carboxylic acid groups (broad SMARTS) is 2. The molecule has 8 heterocycles. The molecule has 31 N–H and O–H groups in total. The van der Waals surface area contributed by atoms with E-state index in [0.29, 0.717) is 0 Å². The number of hydrogen-bond acceptors (Lipinski definition) is 46. The lowest BCUT2D eigenvalue weighted by atomic mass is 9.89. The lowest BCUT2D eigenvalue weighted by molar-refractivity contribution is -0.415. The van der Waals surface area contributed by atoms with Crippen LogP contribution in [0.2, 0.25) is 0 Å². The molecule has 106 heavy (non-hydrogen) atoms. The lowest BCUT2D eigenvalue weighted by Gasteiger charge is -2.53. The monoisotopic (exact) mass is 1560 g/mol. The molecule has 8 rings (SSSR count). The highest BCUT2D eigenvalue weighted by Gasteiger charge is 2.64. The SMILES string of the molecule is CC(=O)N[C@H]1[C@H](O[C@@H]2[C@H](O)[C@@H](O[C@@H]3[C@H](O)[C@@H](O[C@H]4[C@@H]([C@H](O)CO)O[C@@](O)(C(=O)O)C[C@H]4O[C@]4(C(=O)O)C[C@@H](O)[C@@H](O)[C@@H]([C@H](O)CO)O4)O[C@H]([C@@H](O)CO)[C@H]3O[C@@H]3O[C@H](CO)[C@@H](O)C(O)[C@H]3O)O[C@H]([C@@H](O)CO[C@H]3O[C@H]([C@@H](O)CO[C@@H]4O[C@H](CO)[C@H](O)[C@H](O)[C@H]4O)[C@@H](O)[C@H](O)[C@@H]3O)[C@H]2O)O[C@H](CO)[C@@H](O)[C@@H]1O. The van der Waals surface area contributed by atoms with Crippen molar-refractivity contribution in [3.63, 3.8) is 0 Å². The van der Waals surface area contributed by atoms with Crippen LogP contribution in [0.3, 0.4) is 0 Å². The Balaban J connectivity index is 1.20. The Morgan fingerprint density at radius 3 is 1.31 bits per heavy atom. The van der Waals surface area contributed by atoms with Crippen molar-refractivity contribution in [3.8, 4) is 0 Å². The molecule has 8 fully saturated rings. The molecule has 616 valence electrons. The molecule has 8 aliphatic heterocycles. The summed E-state index contributed by atoms with van der Waals surface area (Å²) in [6, 6.07) is -1.95. The van der Waals surface area contributed by atoms with Crippen LogP contribution in [0.15, 0.2) is 0 Å². The summed E-state index contributed by atoms with van der Waals surface area (Å²) in [4.78, 5) is 38.8. The van der Waals surface area contributed by atoms with Crippen LogP contribution in [0.5, 0.6) is 0 Å². The van der Waals surface area contributed by atoms with Gasteiger partial charge in [0.1, 0.15) is 201 Å². The summed E-state index contributed by atoms with van der Waals surface area (Å²) < 4.78 is 85.8. The molecule has 0 aliphatic carbocycles. The molecule has 0 radical (unpaired) electrons. The van der Waals surface area contributed by atoms with Gasteiger partial charge in [0.25, 0.3) is 11.6 Å². The smallest absolute Gasteiger partial charge is 0.364 e. The predicted octanol–water partition coefficient (Wildman–Crippen LogP) is -20.5. The number of carbonyl (C=O) groups excluding carboxylic acids is 1. The van der Waals surface area contributed by atoms with Gasteiger partial charge in [-0.05, 0) is 0 Å². The minimum Gasteiger partial charge on any atom is -0.477 e. The van der Waals surface area contributed by atoms with Crippen LogP contribution in [0, 0.1) is 0 Å². The van der Waals surface area contributed by atoms with Crippen molar-refractivity contribution in [3.05, 3.63) is 0 Å². The number of aliphatic hydroxyl groups is 28. The molecule has 0 aromatic carbocycles. The first kappa shape index (κ1) is 88.3. The highest BCUT2D eigenvalue weighted by molar-refractivity contribution is 5.77. The van der Waals surface area contributed by atoms with Crippen molar-refractivity contribution in [1.82, 2.24) is 5.32 Å². The Labute approximate surface area is 596 Å². The van der Waals surface area contributed by atoms with Gasteiger partial charge in [-0.3, -0.25) is 4.79 Å². The van der Waals surface area contributed by atoms with E-state index in [1.54, 1.807) is 0 Å². The number of aliphatic carboxylic acids is 2. The number of ether oxygens (including phenoxy) is 15. The Hall–Kier alpha value is -3.31. The molecule has 0 spiro atoms. The van der Waals surface area contributed by atoms with Crippen LogP contribution in [0.1, 0.15) is 19.8 Å². The van der Waals surface area contributed by atoms with Crippen LogP contribution >= 0.6 is 0 Å². The topological polar surface area (TPSA) is 809 Å². The van der Waals surface area contributed by atoms with Gasteiger partial charge in [-0.1, -0.05) is 0 Å². The number of rotatable bonds is 30. The van der Waals surface area contributed by atoms with Crippen molar-refractivity contribution >= 4 is 17.8 Å². The molecule has 49 nitrogen and oxygen atoms in total. The van der Waals surface area contributed by atoms with Gasteiger partial charge in [0.15, 0.2) is 37.7 Å². The second-order valence-electron chi connectivity index (χ2n) is 26.6. The van der Waals surface area contributed by atoms with Gasteiger partial charge in [0.05, 0.1) is 65.1 Å². The molecule has 49 heteroatoms. The Bertz CT molecular complexity index is 2780. The lowest BCUT2D eigenvalue weighted by Crippen LogP contribution is -2.71. The van der Waals surface area contributed by atoms with E-state index in [9.17, 15) is 168 Å². The third-order valence-electron chi connectivity index (χ3n) is 19.2. The van der Waals surface area contributed by atoms with E-state index in [-0.39, 0.29) is 0 Å². The van der Waals surface area contributed by atoms with Gasteiger partial charge in [-0.25, -0.2) is 9.59 Å². The fourth-order valence-corrected chi connectivity index (χ4v) is 13.3. The maximum absolute atomic E-state index is 13.3. The van der Waals surface area contributed by atoms with Crippen LogP contribution < -0.4 is 5.32 Å². The van der Waals surface area contributed by atoms with E-state index >= 15 is 0 Å². The molecule has 8 aliphatic rings. The Kier molecular flexibility index (Phi) is 30.9. The van der Waals surface area contributed by atoms with Crippen LogP contribution in [-0.4, -0.2) is 487 Å². The first-order valence-corrected chi connectivity index (χ1v) is 33.0. The van der Waals surface area contributed by atoms with Crippen LogP contribution in [0.25, 0.3) is 0 Å². The molecular formula is C57H95NO48. The maximum atomic E-state index is 13.3. The molecular weight excluding hydrogens is 1470 g/mol. The number of amides is 1. The minimum absolute atomic E-state index is 0.894. The average molecular weight is 1560 g/mol. The predicted molar refractivity (Wildman–Crippen MR) is 316 cm³/mol. The largest absolute Gasteiger partial charge is 0.477 e. The summed E-state index contributed by atoms with van der Waals surface area (Å²) in [6.07, 6.45) is -96.4. The van der Waals surface area contributed by atoms with E-state index in [1.807, 2.05) is 0 Å². The zero-order chi connectivity index (χ0) is 78.8. The molecule has 8 saturated heterocycles. The standard InChI is InChI=1S/C57H95NO48/c1-12(65)58-23-28(76)25(73)20(7-62)94-48(23)101-45-36(84)40(18(71)11-93-50-34(82)31(79)32(80)39(97-50)17(70)10-92-49-33(81)29(77)26(74)21(8-63)95-49)98-52(37(45)85)102-46-38(86)53(99-42(15(68)5-60)47(46)103-51-35(83)30(78)27(75)22(9-64)96-51)100-44-19(3-56(91,54(87)88)105-43(44)16(69)6-61)104-57(55(89)90)2-13(66)24(72)41(106-57)14(67)4-59/h13-53,59-64,66-86,91H,2-11H2,1H3,(H,58,65)(H,87,88)(H,89,90)/t13-,14-,15+,16-,17+,18+,19-,20-,21-,22-,23-,24-,25-,26+,27-,28-,29+,30?,31+,32+,33-,34+,35-,36-,37+,38+,39-,40-,41-,42-,43-,44-,45+,46-,47-,48+,49-,50+,51+,52-,53-,56-,57-/m1/s1. The summed E-state index contributed by atoms with van der Waals surface area (Å²) in [5.41, 5.74) is 0. The summed E-state index contributed by atoms with van der Waals surface area (Å²) in [6.45, 7) is -9.01. The number of hydrogen-bond donors (Lipinski definition) is 31. The summed E-state index contributed by atoms with van der Waals surface area (Å²) in [5, 5.41) is 331. The van der Waals surface area contributed by atoms with Crippen LogP contribution in [0.4, 0.5) is 0 Å². The number of carbonyl (C=O) groups is 3. The third kappa shape index (κ3) is 18.6. The zero-order valence-electron chi connectivity index (χ0n) is 55.5. The van der Waals surface area contributed by atoms with E-state index < -0.39 is 346 Å². The van der Waals surface area contributed by atoms with Crippen molar-refractivity contribution in [2.45, 2.75) is 283 Å². The van der Waals surface area contributed by atoms with E-state index in [4.69, 9.17) is 71.1 Å². The van der Waals surface area contributed by atoms with Gasteiger partial charge >= 0.3 is 11.9 Å². The minimum atomic E-state index is -3.67. The van der Waals surface area contributed by atoms with Crippen molar-refractivity contribution in [2.75, 3.05) is 52.9 Å². The first-order chi connectivity index (χ1) is 49.8. The molecule has 0 aromatic rings. The molecule has 0 saturated carbocycles. The summed E-state index contributed by atoms with van der Waals surface area (Å²) >= 11 is 0. The van der Waals surface area contributed by atoms with Gasteiger partial charge in [-0.15, -0.1) is 0 Å². The number of aliphatic hydroxyl groups excluding tert-OH is 27. The Morgan fingerprint density at radius 2 is 0.802 bits per heavy atom. The van der Waals surface area contributed by atoms with Gasteiger partial charge < -0.3 is 230 Å². The number of nitrogens with one attached hydrogen (secondary N) is 1. The average Bonchev–Trinajstić information content (AvgIpc) is 0.747. The molecule has 1 unspecified atom stereocenters. The summed E-state index contributed by atoms with van der Waals surface area (Å²) in [7, 11) is 0. The van der Waals surface area contributed by atoms with Crippen LogP contribution in [-0.2, 0) is 85.4 Å². The number of carboxylic acids is 2. The summed E-state index contributed by atoms with van der Waals surface area (Å²) in [5.74, 6) is -12.7. The molecule has 0 bridgehead atoms. The van der Waals surface area contributed by atoms with Crippen molar-refractivity contribution in [2.24, 2.45) is 0 Å². The van der Waals surface area contributed by atoms with Gasteiger partial charge in [0.2, 0.25) is 5.91 Å².